The van der Waals surface area contributed by atoms with Crippen molar-refractivity contribution in [1.82, 2.24) is 9.97 Å². The fourth-order valence-electron chi connectivity index (χ4n) is 2.56. The van der Waals surface area contributed by atoms with E-state index in [1.807, 2.05) is 24.3 Å². The van der Waals surface area contributed by atoms with Crippen molar-refractivity contribution in [3.05, 3.63) is 79.9 Å². The molecule has 0 fully saturated rings. The highest BCUT2D eigenvalue weighted by atomic mass is 16.2. The number of benzene rings is 2. The third-order valence-electron chi connectivity index (χ3n) is 3.88. The molecule has 1 heterocycles. The first-order valence-corrected chi connectivity index (χ1v) is 7.11. The Bertz CT molecular complexity index is 940. The van der Waals surface area contributed by atoms with Crippen LogP contribution in [0.25, 0.3) is 11.0 Å². The van der Waals surface area contributed by atoms with E-state index in [0.29, 0.717) is 17.5 Å². The first-order valence-electron chi connectivity index (χ1n) is 7.11. The molecule has 0 saturated carbocycles. The van der Waals surface area contributed by atoms with Crippen LogP contribution in [0, 0.1) is 6.92 Å². The topological polar surface area (TPSA) is 91.7 Å². The lowest BCUT2D eigenvalue weighted by molar-refractivity contribution is 0.719. The molecule has 0 aliphatic carbocycles. The Morgan fingerprint density at radius 2 is 1.68 bits per heavy atom. The maximum absolute atomic E-state index is 11.4. The van der Waals surface area contributed by atoms with Crippen molar-refractivity contribution in [3.8, 4) is 0 Å². The Morgan fingerprint density at radius 3 is 2.41 bits per heavy atom. The molecule has 22 heavy (non-hydrogen) atoms. The van der Waals surface area contributed by atoms with Crippen molar-refractivity contribution >= 4 is 11.0 Å². The number of fused-ring (bicyclic) bond motifs is 1. The average molecular weight is 295 g/mol. The molecule has 1 unspecified atom stereocenters. The maximum Gasteiger partial charge on any atom is 0.314 e. The predicted molar refractivity (Wildman–Crippen MR) is 87.0 cm³/mol. The summed E-state index contributed by atoms with van der Waals surface area (Å²) in [6, 6.07) is 13.4. The van der Waals surface area contributed by atoms with Crippen LogP contribution in [0.4, 0.5) is 0 Å². The summed E-state index contributed by atoms with van der Waals surface area (Å²) in [5.74, 6) is 0. The number of nitrogens with one attached hydrogen (secondary N) is 2. The summed E-state index contributed by atoms with van der Waals surface area (Å²) in [6.07, 6.45) is 0.714. The number of H-pyrrole nitrogens is 2. The Hall–Kier alpha value is -2.66. The second kappa shape index (κ2) is 5.61. The van der Waals surface area contributed by atoms with Gasteiger partial charge in [-0.2, -0.15) is 0 Å². The Balaban J connectivity index is 1.96. The van der Waals surface area contributed by atoms with Gasteiger partial charge in [0.15, 0.2) is 0 Å². The van der Waals surface area contributed by atoms with Gasteiger partial charge in [0.2, 0.25) is 0 Å². The highest BCUT2D eigenvalue weighted by molar-refractivity contribution is 5.74. The monoisotopic (exact) mass is 295 g/mol. The summed E-state index contributed by atoms with van der Waals surface area (Å²) in [7, 11) is 0. The van der Waals surface area contributed by atoms with Gasteiger partial charge in [0, 0.05) is 6.04 Å². The van der Waals surface area contributed by atoms with Gasteiger partial charge in [-0.3, -0.25) is 9.59 Å². The summed E-state index contributed by atoms with van der Waals surface area (Å²) >= 11 is 0. The number of nitrogens with two attached hydrogens (primary N) is 1. The quantitative estimate of drug-likeness (QED) is 0.643. The lowest BCUT2D eigenvalue weighted by Gasteiger charge is -2.14. The fraction of sp³-hybridized carbons (Fsp3) is 0.176. The van der Waals surface area contributed by atoms with Crippen LogP contribution in [0.3, 0.4) is 0 Å². The van der Waals surface area contributed by atoms with Crippen molar-refractivity contribution < 1.29 is 0 Å². The van der Waals surface area contributed by atoms with E-state index in [0.717, 1.165) is 5.56 Å². The van der Waals surface area contributed by atoms with Gasteiger partial charge in [-0.15, -0.1) is 0 Å². The number of hydrogen-bond donors (Lipinski definition) is 3. The fourth-order valence-corrected chi connectivity index (χ4v) is 2.56. The van der Waals surface area contributed by atoms with E-state index in [9.17, 15) is 9.59 Å². The molecule has 0 aliphatic heterocycles. The third-order valence-corrected chi connectivity index (χ3v) is 3.88. The molecule has 0 amide bonds. The Kier molecular flexibility index (Phi) is 3.65. The van der Waals surface area contributed by atoms with Crippen LogP contribution >= 0.6 is 0 Å². The molecule has 0 radical (unpaired) electrons. The number of hydrogen-bond acceptors (Lipinski definition) is 3. The molecular formula is C17H17N3O2. The van der Waals surface area contributed by atoms with Gasteiger partial charge < -0.3 is 15.7 Å². The van der Waals surface area contributed by atoms with Gasteiger partial charge >= 0.3 is 11.1 Å². The lowest BCUT2D eigenvalue weighted by Crippen LogP contribution is -2.29. The van der Waals surface area contributed by atoms with E-state index in [2.05, 4.69) is 29.0 Å². The van der Waals surface area contributed by atoms with Gasteiger partial charge in [0.1, 0.15) is 0 Å². The molecule has 4 N–H and O–H groups in total. The largest absolute Gasteiger partial charge is 0.324 e. The van der Waals surface area contributed by atoms with Crippen LogP contribution in [0.2, 0.25) is 0 Å². The second-order valence-corrected chi connectivity index (χ2v) is 5.45. The van der Waals surface area contributed by atoms with E-state index in [1.165, 1.54) is 11.1 Å². The molecule has 3 aromatic rings. The average Bonchev–Trinajstić information content (AvgIpc) is 2.50. The minimum Gasteiger partial charge on any atom is -0.324 e. The molecule has 2 aromatic carbocycles. The van der Waals surface area contributed by atoms with E-state index >= 15 is 0 Å². The first kappa shape index (κ1) is 14.3. The van der Waals surface area contributed by atoms with Crippen LogP contribution < -0.4 is 16.9 Å². The van der Waals surface area contributed by atoms with E-state index in [1.54, 1.807) is 6.07 Å². The lowest BCUT2D eigenvalue weighted by atomic mass is 9.96. The highest BCUT2D eigenvalue weighted by Crippen LogP contribution is 2.20. The number of aryl methyl sites for hydroxylation is 1. The first-order chi connectivity index (χ1) is 10.5. The Labute approximate surface area is 126 Å². The normalized spacial score (nSPS) is 12.5. The molecule has 0 spiro atoms. The van der Waals surface area contributed by atoms with Gasteiger partial charge in [0.05, 0.1) is 11.0 Å². The standard InChI is InChI=1S/C17H17N3O2/c1-10-4-2-3-5-11(10)8-13(18)12-6-7-14-15(9-12)20-17(22)16(21)19-14/h2-7,9,13H,8,18H2,1H3,(H,19,21)(H,20,22). The van der Waals surface area contributed by atoms with Crippen molar-refractivity contribution in [2.45, 2.75) is 19.4 Å². The number of rotatable bonds is 3. The van der Waals surface area contributed by atoms with Gasteiger partial charge in [-0.1, -0.05) is 30.3 Å². The SMILES string of the molecule is Cc1ccccc1CC(N)c1ccc2[nH]c(=O)c(=O)[nH]c2c1. The third kappa shape index (κ3) is 2.71. The summed E-state index contributed by atoms with van der Waals surface area (Å²) in [5.41, 5.74) is 9.49. The summed E-state index contributed by atoms with van der Waals surface area (Å²) in [6.45, 7) is 2.06. The summed E-state index contributed by atoms with van der Waals surface area (Å²) < 4.78 is 0. The smallest absolute Gasteiger partial charge is 0.314 e. The number of aromatic nitrogens is 2. The molecule has 1 aromatic heterocycles. The van der Waals surface area contributed by atoms with Crippen LogP contribution in [-0.4, -0.2) is 9.97 Å². The second-order valence-electron chi connectivity index (χ2n) is 5.45. The van der Waals surface area contributed by atoms with Crippen molar-refractivity contribution in [1.29, 1.82) is 0 Å². The predicted octanol–water partition coefficient (Wildman–Crippen LogP) is 1.77. The van der Waals surface area contributed by atoms with E-state index in [4.69, 9.17) is 5.73 Å². The molecule has 1 atom stereocenters. The van der Waals surface area contributed by atoms with Crippen molar-refractivity contribution in [2.75, 3.05) is 0 Å². The molecule has 3 rings (SSSR count). The van der Waals surface area contributed by atoms with Crippen molar-refractivity contribution in [2.24, 2.45) is 5.73 Å². The molecule has 0 aliphatic rings. The molecule has 5 heteroatoms. The molecule has 0 saturated heterocycles. The van der Waals surface area contributed by atoms with E-state index < -0.39 is 11.1 Å². The van der Waals surface area contributed by atoms with Gasteiger partial charge in [-0.05, 0) is 42.2 Å². The maximum atomic E-state index is 11.4. The molecule has 5 nitrogen and oxygen atoms in total. The van der Waals surface area contributed by atoms with Gasteiger partial charge in [0.25, 0.3) is 0 Å². The van der Waals surface area contributed by atoms with Crippen LogP contribution in [0.5, 0.6) is 0 Å². The zero-order valence-corrected chi connectivity index (χ0v) is 12.2. The number of aromatic amines is 2. The highest BCUT2D eigenvalue weighted by Gasteiger charge is 2.10. The molecule has 0 bridgehead atoms. The van der Waals surface area contributed by atoms with Crippen LogP contribution in [-0.2, 0) is 6.42 Å². The Morgan fingerprint density at radius 1 is 1.00 bits per heavy atom. The minimum atomic E-state index is -0.655. The van der Waals surface area contributed by atoms with Gasteiger partial charge in [-0.25, -0.2) is 0 Å². The molecular weight excluding hydrogens is 278 g/mol. The summed E-state index contributed by atoms with van der Waals surface area (Å²) in [4.78, 5) is 27.8. The van der Waals surface area contributed by atoms with Crippen molar-refractivity contribution in [3.63, 3.8) is 0 Å². The minimum absolute atomic E-state index is 0.180. The van der Waals surface area contributed by atoms with E-state index in [-0.39, 0.29) is 6.04 Å². The zero-order valence-electron chi connectivity index (χ0n) is 12.2. The zero-order chi connectivity index (χ0) is 15.7. The van der Waals surface area contributed by atoms with Crippen LogP contribution in [0.1, 0.15) is 22.7 Å². The van der Waals surface area contributed by atoms with Crippen LogP contribution in [0.15, 0.2) is 52.1 Å². The summed E-state index contributed by atoms with van der Waals surface area (Å²) in [5, 5.41) is 0. The molecule has 112 valence electrons.